The van der Waals surface area contributed by atoms with Crippen LogP contribution in [0.2, 0.25) is 0 Å². The van der Waals surface area contributed by atoms with Crippen molar-refractivity contribution in [1.82, 2.24) is 15.2 Å². The molecule has 0 radical (unpaired) electrons. The van der Waals surface area contributed by atoms with Gasteiger partial charge in [-0.1, -0.05) is 24.3 Å². The highest BCUT2D eigenvalue weighted by molar-refractivity contribution is 5.83. The summed E-state index contributed by atoms with van der Waals surface area (Å²) in [5.41, 5.74) is 2.04. The van der Waals surface area contributed by atoms with Crippen molar-refractivity contribution in [1.29, 1.82) is 0 Å². The average Bonchev–Trinajstić information content (AvgIpc) is 2.76. The number of piperidine rings is 1. The molecule has 1 aliphatic rings. The number of nitrogens with one attached hydrogen (secondary N) is 1. The summed E-state index contributed by atoms with van der Waals surface area (Å²) in [6.07, 6.45) is 5.65. The normalized spacial score (nSPS) is 16.5. The van der Waals surface area contributed by atoms with Crippen molar-refractivity contribution in [2.75, 3.05) is 20.2 Å². The van der Waals surface area contributed by atoms with Crippen LogP contribution in [-0.2, 0) is 22.6 Å². The number of benzene rings is 1. The zero-order valence-electron chi connectivity index (χ0n) is 17.0. The minimum Gasteiger partial charge on any atom is -0.496 e. The Hall–Kier alpha value is -2.89. The lowest BCUT2D eigenvalue weighted by Crippen LogP contribution is -2.45. The summed E-state index contributed by atoms with van der Waals surface area (Å²) in [4.78, 5) is 31.0. The molecule has 154 valence electrons. The van der Waals surface area contributed by atoms with Crippen LogP contribution in [0, 0.1) is 5.92 Å². The third-order valence-electron chi connectivity index (χ3n) is 5.31. The summed E-state index contributed by atoms with van der Waals surface area (Å²) < 4.78 is 5.38. The molecule has 0 bridgehead atoms. The van der Waals surface area contributed by atoms with Crippen LogP contribution < -0.4 is 10.1 Å². The van der Waals surface area contributed by atoms with Gasteiger partial charge in [0, 0.05) is 43.5 Å². The first-order chi connectivity index (χ1) is 14.2. The van der Waals surface area contributed by atoms with Crippen LogP contribution >= 0.6 is 0 Å². The molecular weight excluding hydrogens is 366 g/mol. The second-order valence-corrected chi connectivity index (χ2v) is 7.39. The molecule has 0 aliphatic carbocycles. The molecule has 6 heteroatoms. The number of pyridine rings is 1. The lowest BCUT2D eigenvalue weighted by Gasteiger charge is -2.32. The molecule has 0 unspecified atom stereocenters. The molecule has 6 nitrogen and oxygen atoms in total. The number of hydrogen-bond acceptors (Lipinski definition) is 4. The fourth-order valence-electron chi connectivity index (χ4n) is 3.65. The van der Waals surface area contributed by atoms with Gasteiger partial charge in [0.05, 0.1) is 13.0 Å². The quantitative estimate of drug-likeness (QED) is 0.663. The van der Waals surface area contributed by atoms with E-state index in [1.54, 1.807) is 18.2 Å². The number of para-hydroxylation sites is 1. The van der Waals surface area contributed by atoms with E-state index in [-0.39, 0.29) is 17.7 Å². The number of unbranched alkanes of at least 4 members (excludes halogenated alkanes) is 1. The largest absolute Gasteiger partial charge is 0.496 e. The average molecular weight is 396 g/mol. The van der Waals surface area contributed by atoms with E-state index in [4.69, 9.17) is 4.74 Å². The maximum atomic E-state index is 12.6. The van der Waals surface area contributed by atoms with Gasteiger partial charge in [-0.3, -0.25) is 14.6 Å². The van der Waals surface area contributed by atoms with Gasteiger partial charge in [0.1, 0.15) is 5.75 Å². The second kappa shape index (κ2) is 10.6. The van der Waals surface area contributed by atoms with E-state index in [0.717, 1.165) is 36.3 Å². The topological polar surface area (TPSA) is 71.5 Å². The first-order valence-electron chi connectivity index (χ1n) is 10.2. The predicted molar refractivity (Wildman–Crippen MR) is 111 cm³/mol. The van der Waals surface area contributed by atoms with Crippen molar-refractivity contribution in [3.63, 3.8) is 0 Å². The van der Waals surface area contributed by atoms with Crippen molar-refractivity contribution in [2.24, 2.45) is 5.92 Å². The molecule has 2 aromatic rings. The molecule has 1 saturated heterocycles. The van der Waals surface area contributed by atoms with E-state index in [1.165, 1.54) is 0 Å². The number of hydrogen-bond donors (Lipinski definition) is 1. The Morgan fingerprint density at radius 2 is 2.03 bits per heavy atom. The molecule has 1 aliphatic heterocycles. The van der Waals surface area contributed by atoms with Crippen molar-refractivity contribution in [3.05, 3.63) is 59.9 Å². The highest BCUT2D eigenvalue weighted by Gasteiger charge is 2.30. The highest BCUT2D eigenvalue weighted by Crippen LogP contribution is 2.24. The van der Waals surface area contributed by atoms with E-state index >= 15 is 0 Å². The number of likely N-dealkylation sites (tertiary alicyclic amines) is 1. The van der Waals surface area contributed by atoms with Gasteiger partial charge < -0.3 is 15.0 Å². The Morgan fingerprint density at radius 3 is 2.83 bits per heavy atom. The predicted octanol–water partition coefficient (Wildman–Crippen LogP) is 2.97. The number of ether oxygens (including phenoxy) is 1. The SMILES string of the molecule is COc1ccccc1CN1C[C@H](C(=O)NCCCCc2ccccn2)CCC1=O. The fraction of sp³-hybridized carbons (Fsp3) is 0.435. The summed E-state index contributed by atoms with van der Waals surface area (Å²) in [5, 5.41) is 3.04. The molecule has 3 rings (SSSR count). The third-order valence-corrected chi connectivity index (χ3v) is 5.31. The smallest absolute Gasteiger partial charge is 0.224 e. The number of carbonyl (C=O) groups is 2. The van der Waals surface area contributed by atoms with Crippen LogP contribution in [-0.4, -0.2) is 41.9 Å². The molecule has 29 heavy (non-hydrogen) atoms. The first kappa shape index (κ1) is 20.8. The molecule has 1 fully saturated rings. The van der Waals surface area contributed by atoms with E-state index < -0.39 is 0 Å². The number of methoxy groups -OCH3 is 1. The molecule has 1 aromatic heterocycles. The number of rotatable bonds is 9. The van der Waals surface area contributed by atoms with Crippen molar-refractivity contribution in [3.8, 4) is 5.75 Å². The molecule has 0 saturated carbocycles. The van der Waals surface area contributed by atoms with Crippen molar-refractivity contribution in [2.45, 2.75) is 38.6 Å². The Bertz CT molecular complexity index is 810. The van der Waals surface area contributed by atoms with Crippen LogP contribution in [0.5, 0.6) is 5.75 Å². The minimum absolute atomic E-state index is 0.0420. The molecule has 0 spiro atoms. The van der Waals surface area contributed by atoms with E-state index in [0.29, 0.717) is 32.5 Å². The Labute approximate surface area is 172 Å². The number of aryl methyl sites for hydroxylation is 1. The zero-order valence-corrected chi connectivity index (χ0v) is 17.0. The van der Waals surface area contributed by atoms with Crippen LogP contribution in [0.25, 0.3) is 0 Å². The Morgan fingerprint density at radius 1 is 1.21 bits per heavy atom. The molecule has 2 heterocycles. The highest BCUT2D eigenvalue weighted by atomic mass is 16.5. The van der Waals surface area contributed by atoms with Gasteiger partial charge in [0.15, 0.2) is 0 Å². The first-order valence-corrected chi connectivity index (χ1v) is 10.2. The van der Waals surface area contributed by atoms with E-state index in [1.807, 2.05) is 42.5 Å². The van der Waals surface area contributed by atoms with Gasteiger partial charge in [-0.15, -0.1) is 0 Å². The summed E-state index contributed by atoms with van der Waals surface area (Å²) >= 11 is 0. The van der Waals surface area contributed by atoms with Crippen LogP contribution in [0.15, 0.2) is 48.7 Å². The molecule has 1 atom stereocenters. The number of amides is 2. The monoisotopic (exact) mass is 395 g/mol. The minimum atomic E-state index is -0.154. The van der Waals surface area contributed by atoms with Crippen LogP contribution in [0.3, 0.4) is 0 Å². The van der Waals surface area contributed by atoms with E-state index in [9.17, 15) is 9.59 Å². The van der Waals surface area contributed by atoms with Gasteiger partial charge >= 0.3 is 0 Å². The van der Waals surface area contributed by atoms with Gasteiger partial charge in [-0.2, -0.15) is 0 Å². The van der Waals surface area contributed by atoms with Crippen LogP contribution in [0.1, 0.15) is 36.9 Å². The van der Waals surface area contributed by atoms with Gasteiger partial charge in [-0.05, 0) is 43.9 Å². The molecular formula is C23H29N3O3. The number of aromatic nitrogens is 1. The van der Waals surface area contributed by atoms with Gasteiger partial charge in [0.2, 0.25) is 11.8 Å². The lowest BCUT2D eigenvalue weighted by atomic mass is 9.96. The second-order valence-electron chi connectivity index (χ2n) is 7.39. The maximum Gasteiger partial charge on any atom is 0.224 e. The summed E-state index contributed by atoms with van der Waals surface area (Å²) in [7, 11) is 1.63. The number of carbonyl (C=O) groups excluding carboxylic acids is 2. The van der Waals surface area contributed by atoms with Gasteiger partial charge in [0.25, 0.3) is 0 Å². The lowest BCUT2D eigenvalue weighted by molar-refractivity contribution is -0.138. The maximum absolute atomic E-state index is 12.6. The summed E-state index contributed by atoms with van der Waals surface area (Å²) in [6, 6.07) is 13.6. The fourth-order valence-corrected chi connectivity index (χ4v) is 3.65. The third kappa shape index (κ3) is 6.04. The summed E-state index contributed by atoms with van der Waals surface area (Å²) in [5.74, 6) is 0.744. The summed E-state index contributed by atoms with van der Waals surface area (Å²) in [6.45, 7) is 1.58. The van der Waals surface area contributed by atoms with Crippen molar-refractivity contribution >= 4 is 11.8 Å². The van der Waals surface area contributed by atoms with Gasteiger partial charge in [-0.25, -0.2) is 0 Å². The zero-order chi connectivity index (χ0) is 20.5. The standard InChI is InChI=1S/C23H29N3O3/c1-29-21-11-3-2-8-18(21)16-26-17-19(12-13-22(26)27)23(28)25-15-7-5-10-20-9-4-6-14-24-20/h2-4,6,8-9,11,14,19H,5,7,10,12-13,15-17H2,1H3,(H,25,28)/t19-/m1/s1. The van der Waals surface area contributed by atoms with E-state index in [2.05, 4.69) is 10.3 Å². The molecule has 2 amide bonds. The Balaban J connectivity index is 1.44. The van der Waals surface area contributed by atoms with Crippen molar-refractivity contribution < 1.29 is 14.3 Å². The number of nitrogens with zero attached hydrogens (tertiary/aromatic N) is 2. The Kier molecular flexibility index (Phi) is 7.61. The molecule has 1 N–H and O–H groups in total. The molecule has 1 aromatic carbocycles. The van der Waals surface area contributed by atoms with Crippen LogP contribution in [0.4, 0.5) is 0 Å².